The first-order valence-corrected chi connectivity index (χ1v) is 8.84. The molecule has 2 aromatic rings. The molecule has 1 aromatic heterocycles. The van der Waals surface area contributed by atoms with Crippen molar-refractivity contribution in [1.29, 1.82) is 0 Å². The number of likely N-dealkylation sites (tertiary alicyclic amines) is 1. The lowest BCUT2D eigenvalue weighted by atomic mass is 10.0. The highest BCUT2D eigenvalue weighted by molar-refractivity contribution is 5.96. The van der Waals surface area contributed by atoms with Crippen molar-refractivity contribution in [3.05, 3.63) is 47.3 Å². The third-order valence-electron chi connectivity index (χ3n) is 4.88. The molecule has 0 saturated carbocycles. The first-order chi connectivity index (χ1) is 13.3. The maximum absolute atomic E-state index is 14.3. The van der Waals surface area contributed by atoms with Crippen molar-refractivity contribution in [3.8, 4) is 17.1 Å². The molecule has 0 aliphatic carbocycles. The van der Waals surface area contributed by atoms with Crippen LogP contribution in [0.3, 0.4) is 0 Å². The summed E-state index contributed by atoms with van der Waals surface area (Å²) in [6.07, 6.45) is 0.861. The zero-order valence-electron chi connectivity index (χ0n) is 16.0. The standard InChI is InChI=1S/C20H22FN3O4/c1-23(2)16-4-5-24(11-16)19(25)13-6-12(7-15(21)8-13)17-9-14(20(26)27)10-18(22-17)28-3/h6-10,16H,4-5,11H2,1-3H3,(H,26,27). The van der Waals surface area contributed by atoms with Gasteiger partial charge in [0.2, 0.25) is 5.88 Å². The molecule has 28 heavy (non-hydrogen) atoms. The molecule has 2 heterocycles. The molecular weight excluding hydrogens is 365 g/mol. The van der Waals surface area contributed by atoms with E-state index in [1.165, 1.54) is 37.4 Å². The Morgan fingerprint density at radius 2 is 1.96 bits per heavy atom. The van der Waals surface area contributed by atoms with Crippen LogP contribution in [0.1, 0.15) is 27.1 Å². The maximum atomic E-state index is 14.3. The Morgan fingerprint density at radius 3 is 2.57 bits per heavy atom. The molecule has 1 N–H and O–H groups in total. The smallest absolute Gasteiger partial charge is 0.335 e. The summed E-state index contributed by atoms with van der Waals surface area (Å²) in [5.41, 5.74) is 0.703. The number of carbonyl (C=O) groups is 2. The highest BCUT2D eigenvalue weighted by Gasteiger charge is 2.28. The van der Waals surface area contributed by atoms with Gasteiger partial charge in [-0.05, 0) is 44.8 Å². The Labute approximate surface area is 162 Å². The van der Waals surface area contributed by atoms with Crippen LogP contribution in [0.25, 0.3) is 11.3 Å². The minimum absolute atomic E-state index is 0.0349. The highest BCUT2D eigenvalue weighted by Crippen LogP contribution is 2.26. The first kappa shape index (κ1) is 19.8. The van der Waals surface area contributed by atoms with Gasteiger partial charge in [-0.2, -0.15) is 0 Å². The summed E-state index contributed by atoms with van der Waals surface area (Å²) in [4.78, 5) is 32.1. The van der Waals surface area contributed by atoms with Gasteiger partial charge < -0.3 is 19.6 Å². The number of hydrogen-bond donors (Lipinski definition) is 1. The Kier molecular flexibility index (Phi) is 5.60. The number of halogens is 1. The first-order valence-electron chi connectivity index (χ1n) is 8.84. The zero-order valence-corrected chi connectivity index (χ0v) is 16.0. The third-order valence-corrected chi connectivity index (χ3v) is 4.88. The number of aromatic nitrogens is 1. The molecule has 1 saturated heterocycles. The molecule has 8 heteroatoms. The predicted molar refractivity (Wildman–Crippen MR) is 101 cm³/mol. The van der Waals surface area contributed by atoms with Crippen molar-refractivity contribution >= 4 is 11.9 Å². The van der Waals surface area contributed by atoms with Crippen LogP contribution in [-0.2, 0) is 0 Å². The summed E-state index contributed by atoms with van der Waals surface area (Å²) >= 11 is 0. The SMILES string of the molecule is COc1cc(C(=O)O)cc(-c2cc(F)cc(C(=O)N3CCC(N(C)C)C3)c2)n1. The summed E-state index contributed by atoms with van der Waals surface area (Å²) < 4.78 is 19.3. The van der Waals surface area contributed by atoms with Gasteiger partial charge in [-0.3, -0.25) is 4.79 Å². The Balaban J connectivity index is 1.95. The van der Waals surface area contributed by atoms with Crippen molar-refractivity contribution in [3.63, 3.8) is 0 Å². The molecule has 1 fully saturated rings. The van der Waals surface area contributed by atoms with Gasteiger partial charge in [0.05, 0.1) is 18.4 Å². The van der Waals surface area contributed by atoms with Crippen molar-refractivity contribution in [2.24, 2.45) is 0 Å². The largest absolute Gasteiger partial charge is 0.481 e. The second-order valence-corrected chi connectivity index (χ2v) is 6.97. The molecule has 1 amide bonds. The fourth-order valence-electron chi connectivity index (χ4n) is 3.27. The number of methoxy groups -OCH3 is 1. The van der Waals surface area contributed by atoms with Crippen LogP contribution in [-0.4, -0.2) is 72.1 Å². The van der Waals surface area contributed by atoms with Crippen LogP contribution in [0.2, 0.25) is 0 Å². The summed E-state index contributed by atoms with van der Waals surface area (Å²) in [5, 5.41) is 9.26. The van der Waals surface area contributed by atoms with E-state index in [0.717, 1.165) is 6.42 Å². The van der Waals surface area contributed by atoms with Gasteiger partial charge in [0.15, 0.2) is 0 Å². The summed E-state index contributed by atoms with van der Waals surface area (Å²) in [5.74, 6) is -1.90. The van der Waals surface area contributed by atoms with Gasteiger partial charge in [0.25, 0.3) is 5.91 Å². The van der Waals surface area contributed by atoms with Crippen LogP contribution in [0.4, 0.5) is 4.39 Å². The minimum Gasteiger partial charge on any atom is -0.481 e. The number of nitrogens with zero attached hydrogens (tertiary/aromatic N) is 3. The van der Waals surface area contributed by atoms with E-state index in [-0.39, 0.29) is 34.6 Å². The van der Waals surface area contributed by atoms with E-state index in [9.17, 15) is 19.1 Å². The Bertz CT molecular complexity index is 916. The van der Waals surface area contributed by atoms with Gasteiger partial charge in [0, 0.05) is 36.3 Å². The van der Waals surface area contributed by atoms with E-state index in [0.29, 0.717) is 18.7 Å². The molecule has 1 atom stereocenters. The molecule has 1 unspecified atom stereocenters. The fraction of sp³-hybridized carbons (Fsp3) is 0.350. The van der Waals surface area contributed by atoms with Crippen LogP contribution in [0.5, 0.6) is 5.88 Å². The van der Waals surface area contributed by atoms with Gasteiger partial charge in [-0.25, -0.2) is 14.2 Å². The number of carboxylic acids is 1. The van der Waals surface area contributed by atoms with Crippen molar-refractivity contribution in [2.45, 2.75) is 12.5 Å². The number of benzene rings is 1. The van der Waals surface area contributed by atoms with Crippen LogP contribution in [0, 0.1) is 5.82 Å². The summed E-state index contributed by atoms with van der Waals surface area (Å²) in [6.45, 7) is 1.19. The lowest BCUT2D eigenvalue weighted by Crippen LogP contribution is -2.34. The number of rotatable bonds is 5. The number of carbonyl (C=O) groups excluding carboxylic acids is 1. The van der Waals surface area contributed by atoms with E-state index < -0.39 is 11.8 Å². The molecule has 1 aliphatic heterocycles. The molecule has 3 rings (SSSR count). The molecule has 0 spiro atoms. The van der Waals surface area contributed by atoms with E-state index >= 15 is 0 Å². The maximum Gasteiger partial charge on any atom is 0.335 e. The fourth-order valence-corrected chi connectivity index (χ4v) is 3.27. The van der Waals surface area contributed by atoms with E-state index in [1.54, 1.807) is 4.90 Å². The normalized spacial score (nSPS) is 16.5. The average molecular weight is 387 g/mol. The topological polar surface area (TPSA) is 83.0 Å². The van der Waals surface area contributed by atoms with E-state index in [2.05, 4.69) is 9.88 Å². The molecule has 7 nitrogen and oxygen atoms in total. The van der Waals surface area contributed by atoms with Crippen LogP contribution >= 0.6 is 0 Å². The van der Waals surface area contributed by atoms with Gasteiger partial charge in [0.1, 0.15) is 5.82 Å². The van der Waals surface area contributed by atoms with Gasteiger partial charge in [-0.15, -0.1) is 0 Å². The quantitative estimate of drug-likeness (QED) is 0.848. The molecule has 1 aliphatic rings. The van der Waals surface area contributed by atoms with Gasteiger partial charge >= 0.3 is 5.97 Å². The number of likely N-dealkylation sites (N-methyl/N-ethyl adjacent to an activating group) is 1. The highest BCUT2D eigenvalue weighted by atomic mass is 19.1. The number of ether oxygens (including phenoxy) is 1. The lowest BCUT2D eigenvalue weighted by Gasteiger charge is -2.20. The molecular formula is C20H22FN3O4. The van der Waals surface area contributed by atoms with Crippen molar-refractivity contribution in [1.82, 2.24) is 14.8 Å². The number of hydrogen-bond acceptors (Lipinski definition) is 5. The monoisotopic (exact) mass is 387 g/mol. The molecule has 0 radical (unpaired) electrons. The molecule has 1 aromatic carbocycles. The second kappa shape index (κ2) is 7.93. The van der Waals surface area contributed by atoms with Crippen molar-refractivity contribution in [2.75, 3.05) is 34.3 Å². The molecule has 0 bridgehead atoms. The number of aromatic carboxylic acids is 1. The summed E-state index contributed by atoms with van der Waals surface area (Å²) in [6, 6.07) is 6.82. The summed E-state index contributed by atoms with van der Waals surface area (Å²) in [7, 11) is 5.30. The van der Waals surface area contributed by atoms with Crippen molar-refractivity contribution < 1.29 is 23.8 Å². The van der Waals surface area contributed by atoms with E-state index in [1.807, 2.05) is 14.1 Å². The Morgan fingerprint density at radius 1 is 1.21 bits per heavy atom. The lowest BCUT2D eigenvalue weighted by molar-refractivity contribution is 0.0695. The average Bonchev–Trinajstić information content (AvgIpc) is 3.17. The predicted octanol–water partition coefficient (Wildman–Crippen LogP) is 2.37. The zero-order chi connectivity index (χ0) is 20.4. The Hall–Kier alpha value is -3.00. The third kappa shape index (κ3) is 4.12. The van der Waals surface area contributed by atoms with E-state index in [4.69, 9.17) is 4.74 Å². The number of carboxylic acid groups (broad SMARTS) is 1. The number of amides is 1. The second-order valence-electron chi connectivity index (χ2n) is 6.97. The minimum atomic E-state index is -1.15. The van der Waals surface area contributed by atoms with Gasteiger partial charge in [-0.1, -0.05) is 0 Å². The molecule has 148 valence electrons. The van der Waals surface area contributed by atoms with Crippen LogP contribution in [0.15, 0.2) is 30.3 Å². The van der Waals surface area contributed by atoms with Crippen LogP contribution < -0.4 is 4.74 Å². The number of pyridine rings is 1.